The van der Waals surface area contributed by atoms with E-state index in [4.69, 9.17) is 39.5 Å². The molecule has 2 heterocycles. The molecule has 1 aromatic heterocycles. The van der Waals surface area contributed by atoms with Crippen LogP contribution in [0.15, 0.2) is 12.1 Å². The summed E-state index contributed by atoms with van der Waals surface area (Å²) in [6, 6.07) is 3.36. The third-order valence-electron chi connectivity index (χ3n) is 5.45. The Labute approximate surface area is 187 Å². The van der Waals surface area contributed by atoms with E-state index in [0.717, 1.165) is 5.69 Å². The molecule has 166 valence electrons. The number of aryl methyl sites for hydroxylation is 1. The number of aliphatic hydroxyl groups is 1. The fourth-order valence-electron chi connectivity index (χ4n) is 3.57. The molecule has 1 fully saturated rings. The fraction of sp³-hybridized carbons (Fsp3) is 0.526. The average molecular weight is 487 g/mol. The smallest absolute Gasteiger partial charge is 0.436 e. The maximum absolute atomic E-state index is 13.0. The molecule has 0 spiro atoms. The van der Waals surface area contributed by atoms with Crippen molar-refractivity contribution in [2.45, 2.75) is 44.5 Å². The van der Waals surface area contributed by atoms with E-state index in [1.165, 1.54) is 18.7 Å². The van der Waals surface area contributed by atoms with E-state index in [-0.39, 0.29) is 18.7 Å². The Morgan fingerprint density at radius 1 is 1.17 bits per heavy atom. The normalized spacial score (nSPS) is 16.8. The number of aromatic nitrogens is 2. The number of piperidine rings is 1. The van der Waals surface area contributed by atoms with Crippen molar-refractivity contribution in [2.24, 2.45) is 0 Å². The number of hydrogen-bond acceptors (Lipinski definition) is 4. The molecule has 0 radical (unpaired) electrons. The van der Waals surface area contributed by atoms with Crippen LogP contribution in [0.2, 0.25) is 15.1 Å². The van der Waals surface area contributed by atoms with Gasteiger partial charge in [0, 0.05) is 25.7 Å². The summed E-state index contributed by atoms with van der Waals surface area (Å²) in [6.45, 7) is 2.65. The molecule has 1 aromatic carbocycles. The number of nitrogens with zero attached hydrogens (tertiary/aromatic N) is 3. The highest BCUT2D eigenvalue weighted by Gasteiger charge is 2.39. The van der Waals surface area contributed by atoms with Gasteiger partial charge < -0.3 is 14.7 Å². The lowest BCUT2D eigenvalue weighted by Gasteiger charge is -2.39. The van der Waals surface area contributed by atoms with Gasteiger partial charge in [-0.2, -0.15) is 18.3 Å². The topological polar surface area (TPSA) is 50.5 Å². The van der Waals surface area contributed by atoms with Crippen molar-refractivity contribution in [1.82, 2.24) is 9.78 Å². The number of hydrogen-bond donors (Lipinski definition) is 1. The van der Waals surface area contributed by atoms with E-state index >= 15 is 0 Å². The van der Waals surface area contributed by atoms with Crippen molar-refractivity contribution < 1.29 is 23.0 Å². The molecular formula is C19H21Cl3F3N3O2. The highest BCUT2D eigenvalue weighted by atomic mass is 35.5. The Balaban J connectivity index is 1.66. The summed E-state index contributed by atoms with van der Waals surface area (Å²) in [6.07, 6.45) is -3.51. The van der Waals surface area contributed by atoms with Crippen LogP contribution >= 0.6 is 34.8 Å². The second-order valence-corrected chi connectivity index (χ2v) is 8.56. The van der Waals surface area contributed by atoms with Crippen LogP contribution in [0.4, 0.5) is 18.9 Å². The summed E-state index contributed by atoms with van der Waals surface area (Å²) in [5.41, 5.74) is -1.15. The van der Waals surface area contributed by atoms with Gasteiger partial charge in [0.1, 0.15) is 5.75 Å². The van der Waals surface area contributed by atoms with Gasteiger partial charge in [-0.3, -0.25) is 4.68 Å². The molecule has 1 N–H and O–H groups in total. The monoisotopic (exact) mass is 485 g/mol. The fourth-order valence-corrected chi connectivity index (χ4v) is 4.39. The van der Waals surface area contributed by atoms with E-state index in [2.05, 4.69) is 5.10 Å². The van der Waals surface area contributed by atoms with Gasteiger partial charge in [0.05, 0.1) is 39.2 Å². The second kappa shape index (κ2) is 8.65. The Hall–Kier alpha value is -1.35. The molecule has 2 aromatic rings. The van der Waals surface area contributed by atoms with Crippen LogP contribution < -0.4 is 9.64 Å². The highest BCUT2D eigenvalue weighted by molar-refractivity contribution is 6.37. The van der Waals surface area contributed by atoms with Crippen LogP contribution in [0.25, 0.3) is 0 Å². The van der Waals surface area contributed by atoms with Gasteiger partial charge >= 0.3 is 6.18 Å². The Bertz CT molecular complexity index is 926. The van der Waals surface area contributed by atoms with Crippen LogP contribution in [0.5, 0.6) is 5.75 Å². The SMILES string of the molecule is COc1cc(N2CCC(O)(CCn3nc(C(F)(F)F)c(Cl)c3C)CC2)c(Cl)cc1Cl. The standard InChI is InChI=1S/C19H21Cl3F3N3O2/c1-11-16(22)17(19(23,24)25)26-28(11)8-5-18(29)3-6-27(7-4-18)14-10-15(30-2)13(21)9-12(14)20/h9-10,29H,3-8H2,1-2H3. The molecule has 0 amide bonds. The summed E-state index contributed by atoms with van der Waals surface area (Å²) < 4.78 is 45.4. The molecule has 3 rings (SSSR count). The second-order valence-electron chi connectivity index (χ2n) is 7.37. The van der Waals surface area contributed by atoms with Gasteiger partial charge in [0.25, 0.3) is 0 Å². The third kappa shape index (κ3) is 4.77. The third-order valence-corrected chi connectivity index (χ3v) is 6.50. The first kappa shape index (κ1) is 23.3. The zero-order chi connectivity index (χ0) is 22.3. The molecule has 5 nitrogen and oxygen atoms in total. The zero-order valence-corrected chi connectivity index (χ0v) is 18.6. The van der Waals surface area contributed by atoms with E-state index in [1.807, 2.05) is 4.90 Å². The molecular weight excluding hydrogens is 466 g/mol. The summed E-state index contributed by atoms with van der Waals surface area (Å²) >= 11 is 18.2. The molecule has 0 aliphatic carbocycles. The van der Waals surface area contributed by atoms with Gasteiger partial charge in [-0.05, 0) is 32.3 Å². The van der Waals surface area contributed by atoms with Gasteiger partial charge in [0.2, 0.25) is 0 Å². The molecule has 11 heteroatoms. The minimum Gasteiger partial charge on any atom is -0.495 e. The summed E-state index contributed by atoms with van der Waals surface area (Å²) in [4.78, 5) is 2.02. The Morgan fingerprint density at radius 2 is 1.80 bits per heavy atom. The maximum Gasteiger partial charge on any atom is 0.436 e. The Morgan fingerprint density at radius 3 is 2.33 bits per heavy atom. The molecule has 1 saturated heterocycles. The van der Waals surface area contributed by atoms with Gasteiger partial charge in [0.15, 0.2) is 5.69 Å². The van der Waals surface area contributed by atoms with E-state index in [1.54, 1.807) is 12.1 Å². The van der Waals surface area contributed by atoms with E-state index < -0.39 is 22.5 Å². The molecule has 0 unspecified atom stereocenters. The lowest BCUT2D eigenvalue weighted by Crippen LogP contribution is -2.45. The first-order valence-corrected chi connectivity index (χ1v) is 10.4. The molecule has 1 aliphatic heterocycles. The summed E-state index contributed by atoms with van der Waals surface area (Å²) in [7, 11) is 1.52. The first-order valence-electron chi connectivity index (χ1n) is 9.25. The van der Waals surface area contributed by atoms with E-state index in [9.17, 15) is 18.3 Å². The quantitative estimate of drug-likeness (QED) is 0.598. The number of alkyl halides is 3. The van der Waals surface area contributed by atoms with Crippen LogP contribution in [0.1, 0.15) is 30.7 Å². The predicted molar refractivity (Wildman–Crippen MR) is 111 cm³/mol. The lowest BCUT2D eigenvalue weighted by atomic mass is 9.88. The predicted octanol–water partition coefficient (Wildman–Crippen LogP) is 5.60. The molecule has 30 heavy (non-hydrogen) atoms. The summed E-state index contributed by atoms with van der Waals surface area (Å²) in [5, 5.41) is 15.0. The summed E-state index contributed by atoms with van der Waals surface area (Å²) in [5.74, 6) is 0.503. The largest absolute Gasteiger partial charge is 0.495 e. The van der Waals surface area contributed by atoms with Gasteiger partial charge in [-0.15, -0.1) is 0 Å². The number of ether oxygens (including phenoxy) is 1. The number of benzene rings is 1. The number of halogens is 6. The minimum absolute atomic E-state index is 0.133. The highest BCUT2D eigenvalue weighted by Crippen LogP contribution is 2.39. The average Bonchev–Trinajstić information content (AvgIpc) is 2.96. The lowest BCUT2D eigenvalue weighted by molar-refractivity contribution is -0.141. The van der Waals surface area contributed by atoms with Crippen molar-refractivity contribution in [3.63, 3.8) is 0 Å². The number of methoxy groups -OCH3 is 1. The molecule has 0 saturated carbocycles. The van der Waals surface area contributed by atoms with Crippen LogP contribution in [-0.4, -0.2) is 40.7 Å². The number of anilines is 1. The van der Waals surface area contributed by atoms with Crippen LogP contribution in [0, 0.1) is 6.92 Å². The zero-order valence-electron chi connectivity index (χ0n) is 16.4. The van der Waals surface area contributed by atoms with Crippen molar-refractivity contribution in [1.29, 1.82) is 0 Å². The Kier molecular flexibility index (Phi) is 6.72. The maximum atomic E-state index is 13.0. The molecule has 1 aliphatic rings. The first-order chi connectivity index (χ1) is 13.9. The van der Waals surface area contributed by atoms with Gasteiger partial charge in [-0.1, -0.05) is 34.8 Å². The number of rotatable bonds is 5. The molecule has 0 atom stereocenters. The minimum atomic E-state index is -4.62. The van der Waals surface area contributed by atoms with Crippen LogP contribution in [0.3, 0.4) is 0 Å². The van der Waals surface area contributed by atoms with Crippen molar-refractivity contribution in [2.75, 3.05) is 25.1 Å². The van der Waals surface area contributed by atoms with E-state index in [0.29, 0.717) is 41.7 Å². The van der Waals surface area contributed by atoms with Crippen molar-refractivity contribution in [3.05, 3.63) is 38.6 Å². The van der Waals surface area contributed by atoms with Crippen molar-refractivity contribution >= 4 is 40.5 Å². The van der Waals surface area contributed by atoms with Gasteiger partial charge in [-0.25, -0.2) is 0 Å². The molecule has 0 bridgehead atoms. The van der Waals surface area contributed by atoms with Crippen molar-refractivity contribution in [3.8, 4) is 5.75 Å². The van der Waals surface area contributed by atoms with Crippen LogP contribution in [-0.2, 0) is 12.7 Å².